The first-order chi connectivity index (χ1) is 14.6. The number of fused-ring (bicyclic) bond motifs is 1. The van der Waals surface area contributed by atoms with Crippen LogP contribution in [0.15, 0.2) is 60.8 Å². The van der Waals surface area contributed by atoms with Crippen molar-refractivity contribution in [2.45, 2.75) is 13.0 Å². The summed E-state index contributed by atoms with van der Waals surface area (Å²) in [5, 5.41) is 9.77. The van der Waals surface area contributed by atoms with Crippen LogP contribution in [0.1, 0.15) is 12.0 Å². The lowest BCUT2D eigenvalue weighted by Gasteiger charge is -2.07. The molecule has 152 valence electrons. The highest BCUT2D eigenvalue weighted by Gasteiger charge is 2.07. The van der Waals surface area contributed by atoms with Crippen LogP contribution >= 0.6 is 0 Å². The monoisotopic (exact) mass is 406 g/mol. The summed E-state index contributed by atoms with van der Waals surface area (Å²) >= 11 is 0. The Morgan fingerprint density at radius 3 is 2.67 bits per heavy atom. The van der Waals surface area contributed by atoms with Crippen molar-refractivity contribution in [3.63, 3.8) is 0 Å². The van der Waals surface area contributed by atoms with E-state index in [0.717, 1.165) is 16.5 Å². The summed E-state index contributed by atoms with van der Waals surface area (Å²) in [7, 11) is 0. The number of carbonyl (C=O) groups is 2. The Morgan fingerprint density at radius 1 is 1.13 bits per heavy atom. The van der Waals surface area contributed by atoms with Gasteiger partial charge in [0.05, 0.1) is 12.5 Å². The van der Waals surface area contributed by atoms with E-state index in [0.29, 0.717) is 18.7 Å². The molecular weight excluding hydrogens is 387 g/mol. The Balaban J connectivity index is 1.54. The number of aromatic nitrogens is 1. The number of para-hydroxylation sites is 1. The van der Waals surface area contributed by atoms with Crippen LogP contribution in [0.2, 0.25) is 0 Å². The lowest BCUT2D eigenvalue weighted by atomic mass is 10.1. The van der Waals surface area contributed by atoms with E-state index in [1.54, 1.807) is 6.08 Å². The largest absolute Gasteiger partial charge is 0.484 e. The average Bonchev–Trinajstić information content (AvgIpc) is 3.12. The number of rotatable bonds is 7. The summed E-state index contributed by atoms with van der Waals surface area (Å²) < 4.78 is 20.0. The summed E-state index contributed by atoms with van der Waals surface area (Å²) in [6.07, 6.45) is 5.20. The lowest BCUT2D eigenvalue weighted by Crippen LogP contribution is -2.43. The molecule has 0 fully saturated rings. The van der Waals surface area contributed by atoms with Gasteiger partial charge in [0.25, 0.3) is 11.8 Å². The molecule has 0 spiro atoms. The first-order valence-corrected chi connectivity index (χ1v) is 9.17. The first kappa shape index (κ1) is 20.6. The zero-order valence-electron chi connectivity index (χ0n) is 16.0. The number of amides is 2. The fourth-order valence-corrected chi connectivity index (χ4v) is 2.82. The molecule has 0 atom stereocenters. The number of hydrogen-bond acceptors (Lipinski definition) is 4. The van der Waals surface area contributed by atoms with Crippen LogP contribution in [0.4, 0.5) is 4.39 Å². The highest BCUT2D eigenvalue weighted by Crippen LogP contribution is 2.22. The number of nitrogens with zero attached hydrogens (tertiary/aromatic N) is 2. The summed E-state index contributed by atoms with van der Waals surface area (Å²) in [4.78, 5) is 23.8. The Morgan fingerprint density at radius 2 is 1.90 bits per heavy atom. The van der Waals surface area contributed by atoms with Crippen LogP contribution in [-0.2, 0) is 16.1 Å². The van der Waals surface area contributed by atoms with Gasteiger partial charge < -0.3 is 9.30 Å². The van der Waals surface area contributed by atoms with Gasteiger partial charge in [-0.25, -0.2) is 4.39 Å². The van der Waals surface area contributed by atoms with Crippen LogP contribution in [0.25, 0.3) is 17.0 Å². The highest BCUT2D eigenvalue weighted by atomic mass is 19.1. The summed E-state index contributed by atoms with van der Waals surface area (Å²) in [5.74, 6) is -1.14. The molecule has 2 N–H and O–H groups in total. The summed E-state index contributed by atoms with van der Waals surface area (Å²) in [5.41, 5.74) is 6.31. The summed E-state index contributed by atoms with van der Waals surface area (Å²) in [6, 6.07) is 15.1. The maximum Gasteiger partial charge on any atom is 0.276 e. The minimum atomic E-state index is -0.561. The van der Waals surface area contributed by atoms with Gasteiger partial charge in [0.2, 0.25) is 0 Å². The van der Waals surface area contributed by atoms with Gasteiger partial charge >= 0.3 is 0 Å². The second kappa shape index (κ2) is 9.89. The van der Waals surface area contributed by atoms with Crippen molar-refractivity contribution in [2.24, 2.45) is 0 Å². The van der Waals surface area contributed by atoms with E-state index in [1.165, 1.54) is 30.3 Å². The Hall–Kier alpha value is -4.12. The van der Waals surface area contributed by atoms with Gasteiger partial charge in [-0.2, -0.15) is 5.26 Å². The molecule has 2 amide bonds. The zero-order chi connectivity index (χ0) is 21.3. The van der Waals surface area contributed by atoms with Crippen LogP contribution in [0.3, 0.4) is 0 Å². The molecule has 30 heavy (non-hydrogen) atoms. The number of aryl methyl sites for hydroxylation is 1. The maximum absolute atomic E-state index is 12.8. The highest BCUT2D eigenvalue weighted by molar-refractivity contribution is 5.97. The SMILES string of the molecule is N#CCCn1cc(/C=C/C(=O)NNC(=O)COc2ccc(F)cc2)c2ccccc21. The molecular formula is C22H19FN4O3. The van der Waals surface area contributed by atoms with E-state index < -0.39 is 17.6 Å². The Labute approximate surface area is 172 Å². The van der Waals surface area contributed by atoms with Crippen molar-refractivity contribution < 1.29 is 18.7 Å². The second-order valence-electron chi connectivity index (χ2n) is 6.32. The lowest BCUT2D eigenvalue weighted by molar-refractivity contribution is -0.128. The smallest absolute Gasteiger partial charge is 0.276 e. The minimum absolute atomic E-state index is 0.331. The van der Waals surface area contributed by atoms with Gasteiger partial charge in [0, 0.05) is 35.3 Å². The topological polar surface area (TPSA) is 96.1 Å². The molecule has 0 unspecified atom stereocenters. The van der Waals surface area contributed by atoms with Crippen molar-refractivity contribution in [2.75, 3.05) is 6.61 Å². The Bertz CT molecular complexity index is 1110. The number of hydrazine groups is 1. The number of benzene rings is 2. The van der Waals surface area contributed by atoms with Crippen LogP contribution in [-0.4, -0.2) is 23.0 Å². The quantitative estimate of drug-likeness (QED) is 0.466. The third-order valence-corrected chi connectivity index (χ3v) is 4.21. The number of nitriles is 1. The van der Waals surface area contributed by atoms with Crippen molar-refractivity contribution in [3.8, 4) is 11.8 Å². The summed E-state index contributed by atoms with van der Waals surface area (Å²) in [6.45, 7) is 0.225. The standard InChI is InChI=1S/C22H19FN4O3/c23-17-7-9-18(10-8-17)30-15-22(29)26-25-21(28)11-6-16-14-27(13-3-12-24)20-5-2-1-4-19(16)20/h1-2,4-11,14H,3,13,15H2,(H,25,28)(H,26,29)/b11-6+. The van der Waals surface area contributed by atoms with E-state index in [1.807, 2.05) is 35.0 Å². The van der Waals surface area contributed by atoms with Gasteiger partial charge in [0.1, 0.15) is 11.6 Å². The maximum atomic E-state index is 12.8. The van der Waals surface area contributed by atoms with Gasteiger partial charge in [-0.1, -0.05) is 18.2 Å². The fourth-order valence-electron chi connectivity index (χ4n) is 2.82. The molecule has 0 radical (unpaired) electrons. The van der Waals surface area contributed by atoms with E-state index >= 15 is 0 Å². The molecule has 0 aliphatic heterocycles. The molecule has 2 aromatic carbocycles. The molecule has 3 aromatic rings. The van der Waals surface area contributed by atoms with E-state index in [4.69, 9.17) is 10.00 Å². The third kappa shape index (κ3) is 5.45. The molecule has 1 aromatic heterocycles. The third-order valence-electron chi connectivity index (χ3n) is 4.21. The van der Waals surface area contributed by atoms with Crippen LogP contribution < -0.4 is 15.6 Å². The number of ether oxygens (including phenoxy) is 1. The molecule has 0 aliphatic carbocycles. The molecule has 8 heteroatoms. The number of carbonyl (C=O) groups excluding carboxylic acids is 2. The molecule has 0 saturated carbocycles. The van der Waals surface area contributed by atoms with E-state index in [9.17, 15) is 14.0 Å². The molecule has 1 heterocycles. The van der Waals surface area contributed by atoms with Crippen molar-refractivity contribution in [1.82, 2.24) is 15.4 Å². The van der Waals surface area contributed by atoms with Gasteiger partial charge in [0.15, 0.2) is 6.61 Å². The molecule has 0 bridgehead atoms. The van der Waals surface area contributed by atoms with E-state index in [-0.39, 0.29) is 6.61 Å². The predicted octanol–water partition coefficient (Wildman–Crippen LogP) is 2.93. The van der Waals surface area contributed by atoms with Crippen LogP contribution in [0, 0.1) is 17.1 Å². The second-order valence-corrected chi connectivity index (χ2v) is 6.32. The van der Waals surface area contributed by atoms with Crippen molar-refractivity contribution >= 4 is 28.8 Å². The number of nitrogens with one attached hydrogen (secondary N) is 2. The van der Waals surface area contributed by atoms with E-state index in [2.05, 4.69) is 16.9 Å². The predicted molar refractivity (Wildman–Crippen MR) is 109 cm³/mol. The number of halogens is 1. The van der Waals surface area contributed by atoms with Crippen LogP contribution in [0.5, 0.6) is 5.75 Å². The Kier molecular flexibility index (Phi) is 6.79. The fraction of sp³-hybridized carbons (Fsp3) is 0.136. The van der Waals surface area contributed by atoms with Crippen molar-refractivity contribution in [3.05, 3.63) is 72.2 Å². The van der Waals surface area contributed by atoms with Gasteiger partial charge in [-0.3, -0.25) is 20.4 Å². The zero-order valence-corrected chi connectivity index (χ0v) is 16.0. The molecule has 3 rings (SSSR count). The molecule has 0 aliphatic rings. The first-order valence-electron chi connectivity index (χ1n) is 9.17. The van der Waals surface area contributed by atoms with Gasteiger partial charge in [-0.05, 0) is 36.4 Å². The minimum Gasteiger partial charge on any atom is -0.484 e. The normalized spacial score (nSPS) is 10.7. The van der Waals surface area contributed by atoms with Crippen molar-refractivity contribution in [1.29, 1.82) is 5.26 Å². The average molecular weight is 406 g/mol. The molecule has 0 saturated heterocycles. The number of hydrogen-bond donors (Lipinski definition) is 2. The molecule has 7 nitrogen and oxygen atoms in total. The van der Waals surface area contributed by atoms with Gasteiger partial charge in [-0.15, -0.1) is 0 Å².